The van der Waals surface area contributed by atoms with Crippen molar-refractivity contribution < 1.29 is 19.1 Å². The van der Waals surface area contributed by atoms with E-state index in [1.54, 1.807) is 43.3 Å². The molecule has 0 saturated carbocycles. The quantitative estimate of drug-likeness (QED) is 0.512. The maximum Gasteiger partial charge on any atom is 0.276 e. The van der Waals surface area contributed by atoms with Gasteiger partial charge in [0.15, 0.2) is 6.61 Å². The van der Waals surface area contributed by atoms with E-state index in [4.69, 9.17) is 4.74 Å². The zero-order chi connectivity index (χ0) is 22.1. The Labute approximate surface area is 180 Å². The van der Waals surface area contributed by atoms with Crippen LogP contribution in [-0.2, 0) is 9.59 Å². The first-order valence-electron chi connectivity index (χ1n) is 9.82. The molecule has 0 aromatic heterocycles. The van der Waals surface area contributed by atoms with Crippen LogP contribution in [-0.4, -0.2) is 24.3 Å². The molecule has 3 N–H and O–H groups in total. The zero-order valence-corrected chi connectivity index (χ0v) is 17.1. The summed E-state index contributed by atoms with van der Waals surface area (Å²) in [4.78, 5) is 35.5. The zero-order valence-electron chi connectivity index (χ0n) is 17.1. The molecule has 31 heavy (non-hydrogen) atoms. The molecule has 7 heteroatoms. The lowest BCUT2D eigenvalue weighted by molar-refractivity contribution is -0.123. The van der Waals surface area contributed by atoms with Crippen LogP contribution in [0.2, 0.25) is 0 Å². The average Bonchev–Trinajstić information content (AvgIpc) is 2.82. The fraction of sp³-hybridized carbons (Fsp3) is 0.125. The molecule has 3 aromatic carbocycles. The van der Waals surface area contributed by atoms with Crippen molar-refractivity contribution in [2.75, 3.05) is 11.9 Å². The minimum absolute atomic E-state index is 0.112. The molecular weight excluding hydrogens is 394 g/mol. The van der Waals surface area contributed by atoms with Gasteiger partial charge in [-0.25, -0.2) is 0 Å². The number of benzene rings is 3. The van der Waals surface area contributed by atoms with Gasteiger partial charge in [0, 0.05) is 17.7 Å². The molecule has 0 spiro atoms. The summed E-state index contributed by atoms with van der Waals surface area (Å²) in [5.74, 6) is -0.536. The highest BCUT2D eigenvalue weighted by molar-refractivity contribution is 5.96. The predicted molar refractivity (Wildman–Crippen MR) is 118 cm³/mol. The molecule has 0 unspecified atom stereocenters. The van der Waals surface area contributed by atoms with E-state index in [-0.39, 0.29) is 12.5 Å². The summed E-state index contributed by atoms with van der Waals surface area (Å²) >= 11 is 0. The van der Waals surface area contributed by atoms with Crippen LogP contribution in [0.4, 0.5) is 5.69 Å². The summed E-state index contributed by atoms with van der Waals surface area (Å²) in [6.07, 6.45) is 0.369. The monoisotopic (exact) mass is 417 g/mol. The topological polar surface area (TPSA) is 96.5 Å². The second-order valence-electron chi connectivity index (χ2n) is 6.66. The summed E-state index contributed by atoms with van der Waals surface area (Å²) in [5, 5.41) is 2.70. The van der Waals surface area contributed by atoms with Gasteiger partial charge in [-0.05, 0) is 47.5 Å². The average molecular weight is 417 g/mol. The van der Waals surface area contributed by atoms with Crippen molar-refractivity contribution >= 4 is 23.4 Å². The standard InChI is InChI=1S/C24H23N3O4/c1-2-22(28)25-20-12-8-19(9-13-20)24(30)27-26-23(29)16-31-21-14-10-18(11-15-21)17-6-4-3-5-7-17/h3-15H,2,16H2,1H3,(H,25,28)(H,26,29)(H,27,30). The second-order valence-corrected chi connectivity index (χ2v) is 6.66. The van der Waals surface area contributed by atoms with Gasteiger partial charge in [0.25, 0.3) is 11.8 Å². The molecule has 3 aromatic rings. The molecule has 0 fully saturated rings. The highest BCUT2D eigenvalue weighted by Gasteiger charge is 2.09. The van der Waals surface area contributed by atoms with Gasteiger partial charge in [0.05, 0.1) is 0 Å². The number of anilines is 1. The number of carbonyl (C=O) groups excluding carboxylic acids is 3. The van der Waals surface area contributed by atoms with Gasteiger partial charge in [-0.1, -0.05) is 49.4 Å². The van der Waals surface area contributed by atoms with Crippen molar-refractivity contribution in [3.8, 4) is 16.9 Å². The highest BCUT2D eigenvalue weighted by atomic mass is 16.5. The molecule has 3 amide bonds. The van der Waals surface area contributed by atoms with Gasteiger partial charge in [0.2, 0.25) is 5.91 Å². The number of hydrazine groups is 1. The molecule has 0 aliphatic rings. The largest absolute Gasteiger partial charge is 0.484 e. The first kappa shape index (κ1) is 21.6. The fourth-order valence-corrected chi connectivity index (χ4v) is 2.71. The summed E-state index contributed by atoms with van der Waals surface area (Å²) in [7, 11) is 0. The summed E-state index contributed by atoms with van der Waals surface area (Å²) in [6.45, 7) is 1.51. The molecule has 158 valence electrons. The predicted octanol–water partition coefficient (Wildman–Crippen LogP) is 3.54. The Morgan fingerprint density at radius 1 is 0.742 bits per heavy atom. The molecule has 0 atom stereocenters. The lowest BCUT2D eigenvalue weighted by Gasteiger charge is -2.10. The van der Waals surface area contributed by atoms with Crippen LogP contribution < -0.4 is 20.9 Å². The molecule has 0 heterocycles. The number of carbonyl (C=O) groups is 3. The lowest BCUT2D eigenvalue weighted by Crippen LogP contribution is -2.43. The van der Waals surface area contributed by atoms with E-state index in [1.807, 2.05) is 42.5 Å². The second kappa shape index (κ2) is 10.6. The van der Waals surface area contributed by atoms with Crippen LogP contribution in [0.5, 0.6) is 5.75 Å². The first-order valence-corrected chi connectivity index (χ1v) is 9.82. The highest BCUT2D eigenvalue weighted by Crippen LogP contribution is 2.21. The van der Waals surface area contributed by atoms with Gasteiger partial charge in [-0.3, -0.25) is 25.2 Å². The van der Waals surface area contributed by atoms with Crippen molar-refractivity contribution in [1.82, 2.24) is 10.9 Å². The van der Waals surface area contributed by atoms with Crippen LogP contribution in [0.25, 0.3) is 11.1 Å². The summed E-state index contributed by atoms with van der Waals surface area (Å²) < 4.78 is 5.46. The minimum atomic E-state index is -0.493. The Bertz CT molecular complexity index is 1030. The lowest BCUT2D eigenvalue weighted by atomic mass is 10.1. The summed E-state index contributed by atoms with van der Waals surface area (Å²) in [6, 6.07) is 23.7. The Hall–Kier alpha value is -4.13. The molecule has 3 rings (SSSR count). The molecular formula is C24H23N3O4. The SMILES string of the molecule is CCC(=O)Nc1ccc(C(=O)NNC(=O)COc2ccc(-c3ccccc3)cc2)cc1. The van der Waals surface area contributed by atoms with Gasteiger partial charge < -0.3 is 10.1 Å². The van der Waals surface area contributed by atoms with Crippen molar-refractivity contribution in [3.63, 3.8) is 0 Å². The van der Waals surface area contributed by atoms with Crippen LogP contribution >= 0.6 is 0 Å². The van der Waals surface area contributed by atoms with Crippen molar-refractivity contribution in [1.29, 1.82) is 0 Å². The first-order chi connectivity index (χ1) is 15.0. The molecule has 0 saturated heterocycles. The fourth-order valence-electron chi connectivity index (χ4n) is 2.71. The van der Waals surface area contributed by atoms with E-state index in [1.165, 1.54) is 0 Å². The van der Waals surface area contributed by atoms with Gasteiger partial charge >= 0.3 is 0 Å². The maximum absolute atomic E-state index is 12.1. The number of amides is 3. The smallest absolute Gasteiger partial charge is 0.276 e. The molecule has 0 aliphatic heterocycles. The van der Waals surface area contributed by atoms with Crippen LogP contribution in [0, 0.1) is 0 Å². The normalized spacial score (nSPS) is 10.1. The van der Waals surface area contributed by atoms with Crippen LogP contribution in [0.3, 0.4) is 0 Å². The summed E-state index contributed by atoms with van der Waals surface area (Å²) in [5.41, 5.74) is 7.72. The Morgan fingerprint density at radius 3 is 2.03 bits per heavy atom. The Kier molecular flexibility index (Phi) is 7.37. The number of hydrogen-bond acceptors (Lipinski definition) is 4. The maximum atomic E-state index is 12.1. The number of nitrogens with one attached hydrogen (secondary N) is 3. The van der Waals surface area contributed by atoms with E-state index in [2.05, 4.69) is 16.2 Å². The van der Waals surface area contributed by atoms with Crippen LogP contribution in [0.15, 0.2) is 78.9 Å². The van der Waals surface area contributed by atoms with Crippen molar-refractivity contribution in [3.05, 3.63) is 84.4 Å². The van der Waals surface area contributed by atoms with Crippen LogP contribution in [0.1, 0.15) is 23.7 Å². The Balaban J connectivity index is 1.43. The molecule has 7 nitrogen and oxygen atoms in total. The van der Waals surface area contributed by atoms with E-state index in [0.717, 1.165) is 11.1 Å². The third-order valence-corrected chi connectivity index (χ3v) is 4.40. The number of rotatable bonds is 7. The van der Waals surface area contributed by atoms with Crippen molar-refractivity contribution in [2.24, 2.45) is 0 Å². The number of hydrogen-bond donors (Lipinski definition) is 3. The van der Waals surface area contributed by atoms with Gasteiger partial charge in [-0.2, -0.15) is 0 Å². The third kappa shape index (κ3) is 6.43. The van der Waals surface area contributed by atoms with Crippen molar-refractivity contribution in [2.45, 2.75) is 13.3 Å². The Morgan fingerprint density at radius 2 is 1.39 bits per heavy atom. The van der Waals surface area contributed by atoms with E-state index < -0.39 is 11.8 Å². The van der Waals surface area contributed by atoms with E-state index in [9.17, 15) is 14.4 Å². The third-order valence-electron chi connectivity index (χ3n) is 4.40. The molecule has 0 aliphatic carbocycles. The van der Waals surface area contributed by atoms with E-state index in [0.29, 0.717) is 23.4 Å². The minimum Gasteiger partial charge on any atom is -0.484 e. The van der Waals surface area contributed by atoms with Gasteiger partial charge in [-0.15, -0.1) is 0 Å². The van der Waals surface area contributed by atoms with Gasteiger partial charge in [0.1, 0.15) is 5.75 Å². The molecule has 0 radical (unpaired) electrons. The molecule has 0 bridgehead atoms. The number of ether oxygens (including phenoxy) is 1. The van der Waals surface area contributed by atoms with E-state index >= 15 is 0 Å².